The number of benzene rings is 1. The van der Waals surface area contributed by atoms with E-state index in [1.54, 1.807) is 18.8 Å². The monoisotopic (exact) mass is 388 g/mol. The summed E-state index contributed by atoms with van der Waals surface area (Å²) < 4.78 is 23.7. The van der Waals surface area contributed by atoms with Gasteiger partial charge in [-0.1, -0.05) is 0 Å². The first-order valence-electron chi connectivity index (χ1n) is 9.61. The molecular formula is C20H26N3O5+. The highest BCUT2D eigenvalue weighted by molar-refractivity contribution is 5.70. The smallest absolute Gasteiger partial charge is 0.351 e. The minimum atomic E-state index is -0.286. The number of morpholine rings is 1. The Morgan fingerprint density at radius 2 is 1.89 bits per heavy atom. The average molecular weight is 388 g/mol. The van der Waals surface area contributed by atoms with Gasteiger partial charge >= 0.3 is 5.69 Å². The van der Waals surface area contributed by atoms with Gasteiger partial charge in [0.15, 0.2) is 11.5 Å². The number of fused-ring (bicyclic) bond motifs is 3. The quantitative estimate of drug-likeness (QED) is 0.737. The van der Waals surface area contributed by atoms with Crippen molar-refractivity contribution in [3.63, 3.8) is 0 Å². The predicted octanol–water partition coefficient (Wildman–Crippen LogP) is -0.222. The maximum absolute atomic E-state index is 12.5. The van der Waals surface area contributed by atoms with E-state index in [9.17, 15) is 4.79 Å². The molecule has 8 nitrogen and oxygen atoms in total. The Labute approximate surface area is 163 Å². The standard InChI is InChI=1S/C20H25N3O5/c1-25-17-11-14-3-4-23-16(15(14)12-18(17)26-2)13-19(21-20(23)24)28-10-7-22-5-8-27-9-6-22/h11-13H,3-10H2,1-2H3/p+1. The Bertz CT molecular complexity index is 905. The zero-order chi connectivity index (χ0) is 19.5. The Morgan fingerprint density at radius 1 is 1.14 bits per heavy atom. The minimum absolute atomic E-state index is 0.286. The minimum Gasteiger partial charge on any atom is -0.493 e. The third-order valence-electron chi connectivity index (χ3n) is 5.38. The van der Waals surface area contributed by atoms with Crippen LogP contribution in [0.2, 0.25) is 0 Å². The molecule has 1 aromatic carbocycles. The highest BCUT2D eigenvalue weighted by Crippen LogP contribution is 2.38. The number of aromatic nitrogens is 2. The molecule has 28 heavy (non-hydrogen) atoms. The highest BCUT2D eigenvalue weighted by Gasteiger charge is 2.22. The summed E-state index contributed by atoms with van der Waals surface area (Å²) in [5.41, 5.74) is 2.58. The van der Waals surface area contributed by atoms with Crippen LogP contribution in [0, 0.1) is 0 Å². The number of methoxy groups -OCH3 is 2. The molecule has 0 atom stereocenters. The second-order valence-electron chi connectivity index (χ2n) is 6.99. The molecule has 0 aliphatic carbocycles. The van der Waals surface area contributed by atoms with Gasteiger partial charge < -0.3 is 23.8 Å². The van der Waals surface area contributed by atoms with Crippen LogP contribution in [0.4, 0.5) is 0 Å². The lowest BCUT2D eigenvalue weighted by Crippen LogP contribution is -3.14. The number of rotatable bonds is 6. The summed E-state index contributed by atoms with van der Waals surface area (Å²) in [6.45, 7) is 5.51. The average Bonchev–Trinajstić information content (AvgIpc) is 2.73. The summed E-state index contributed by atoms with van der Waals surface area (Å²) in [5.74, 6) is 1.69. The van der Waals surface area contributed by atoms with E-state index in [0.29, 0.717) is 30.5 Å². The van der Waals surface area contributed by atoms with Crippen LogP contribution in [0.5, 0.6) is 17.4 Å². The number of aryl methyl sites for hydroxylation is 1. The second-order valence-corrected chi connectivity index (χ2v) is 6.99. The summed E-state index contributed by atoms with van der Waals surface area (Å²) in [4.78, 5) is 18.1. The largest absolute Gasteiger partial charge is 0.493 e. The van der Waals surface area contributed by atoms with E-state index < -0.39 is 0 Å². The first-order valence-corrected chi connectivity index (χ1v) is 9.61. The van der Waals surface area contributed by atoms with E-state index in [1.807, 2.05) is 18.2 Å². The lowest BCUT2D eigenvalue weighted by Gasteiger charge is -2.24. The molecule has 2 aliphatic rings. The molecule has 4 rings (SSSR count). The molecule has 1 aromatic heterocycles. The van der Waals surface area contributed by atoms with Crippen molar-refractivity contribution >= 4 is 0 Å². The van der Waals surface area contributed by atoms with Crippen LogP contribution in [0.3, 0.4) is 0 Å². The fourth-order valence-corrected chi connectivity index (χ4v) is 3.81. The zero-order valence-corrected chi connectivity index (χ0v) is 16.3. The molecule has 0 radical (unpaired) electrons. The molecule has 0 unspecified atom stereocenters. The molecule has 1 fully saturated rings. The van der Waals surface area contributed by atoms with E-state index in [-0.39, 0.29) is 5.69 Å². The van der Waals surface area contributed by atoms with Crippen molar-refractivity contribution in [3.05, 3.63) is 34.2 Å². The van der Waals surface area contributed by atoms with Gasteiger partial charge in [-0.3, -0.25) is 4.57 Å². The van der Waals surface area contributed by atoms with E-state index in [0.717, 1.165) is 56.1 Å². The van der Waals surface area contributed by atoms with Crippen molar-refractivity contribution in [1.82, 2.24) is 9.55 Å². The fourth-order valence-electron chi connectivity index (χ4n) is 3.81. The van der Waals surface area contributed by atoms with Crippen LogP contribution in [-0.4, -0.2) is 63.2 Å². The Balaban J connectivity index is 1.58. The summed E-state index contributed by atoms with van der Waals surface area (Å²) >= 11 is 0. The van der Waals surface area contributed by atoms with Crippen LogP contribution in [-0.2, 0) is 17.7 Å². The SMILES string of the molecule is COc1cc2c(cc1OC)-c1cc(OCC[NH+]3CCOCC3)nc(=O)n1CC2. The number of ether oxygens (including phenoxy) is 4. The van der Waals surface area contributed by atoms with E-state index in [4.69, 9.17) is 18.9 Å². The number of quaternary nitrogens is 1. The number of nitrogens with zero attached hydrogens (tertiary/aromatic N) is 2. The Kier molecular flexibility index (Phi) is 5.50. The van der Waals surface area contributed by atoms with Crippen molar-refractivity contribution in [2.45, 2.75) is 13.0 Å². The van der Waals surface area contributed by atoms with Gasteiger partial charge in [-0.05, 0) is 24.1 Å². The van der Waals surface area contributed by atoms with Crippen LogP contribution in [0.25, 0.3) is 11.3 Å². The molecule has 1 saturated heterocycles. The van der Waals surface area contributed by atoms with Crippen molar-refractivity contribution in [2.75, 3.05) is 53.7 Å². The van der Waals surface area contributed by atoms with Crippen LogP contribution in [0.1, 0.15) is 5.56 Å². The van der Waals surface area contributed by atoms with Gasteiger partial charge in [0.25, 0.3) is 0 Å². The van der Waals surface area contributed by atoms with Crippen LogP contribution >= 0.6 is 0 Å². The summed E-state index contributed by atoms with van der Waals surface area (Å²) in [6.07, 6.45) is 0.741. The molecule has 0 amide bonds. The topological polar surface area (TPSA) is 76.2 Å². The molecule has 2 aliphatic heterocycles. The molecule has 2 aromatic rings. The van der Waals surface area contributed by atoms with Crippen molar-refractivity contribution in [3.8, 4) is 28.6 Å². The van der Waals surface area contributed by atoms with Gasteiger partial charge in [0, 0.05) is 18.2 Å². The summed E-state index contributed by atoms with van der Waals surface area (Å²) in [6, 6.07) is 5.74. The maximum Gasteiger partial charge on any atom is 0.351 e. The van der Waals surface area contributed by atoms with Crippen molar-refractivity contribution in [1.29, 1.82) is 0 Å². The second kappa shape index (κ2) is 8.20. The fraction of sp³-hybridized carbons (Fsp3) is 0.500. The molecule has 1 N–H and O–H groups in total. The molecule has 150 valence electrons. The molecule has 8 heteroatoms. The summed E-state index contributed by atoms with van der Waals surface area (Å²) in [5, 5.41) is 0. The van der Waals surface area contributed by atoms with Gasteiger partial charge in [-0.15, -0.1) is 0 Å². The van der Waals surface area contributed by atoms with Gasteiger partial charge in [-0.25, -0.2) is 4.79 Å². The third kappa shape index (κ3) is 3.70. The molecule has 3 heterocycles. The maximum atomic E-state index is 12.5. The van der Waals surface area contributed by atoms with Gasteiger partial charge in [-0.2, -0.15) is 4.98 Å². The predicted molar refractivity (Wildman–Crippen MR) is 103 cm³/mol. The van der Waals surface area contributed by atoms with Gasteiger partial charge in [0.1, 0.15) is 26.2 Å². The van der Waals surface area contributed by atoms with Crippen molar-refractivity contribution in [2.24, 2.45) is 0 Å². The van der Waals surface area contributed by atoms with Gasteiger partial charge in [0.2, 0.25) is 5.88 Å². The van der Waals surface area contributed by atoms with E-state index in [1.165, 1.54) is 4.90 Å². The van der Waals surface area contributed by atoms with Crippen LogP contribution < -0.4 is 24.8 Å². The Morgan fingerprint density at radius 3 is 2.64 bits per heavy atom. The molecular weight excluding hydrogens is 362 g/mol. The van der Waals surface area contributed by atoms with E-state index in [2.05, 4.69) is 4.98 Å². The van der Waals surface area contributed by atoms with Crippen molar-refractivity contribution < 1.29 is 23.8 Å². The molecule has 0 spiro atoms. The Hall–Kier alpha value is -2.58. The number of hydrogen-bond donors (Lipinski definition) is 1. The first kappa shape index (κ1) is 18.8. The third-order valence-corrected chi connectivity index (χ3v) is 5.38. The van der Waals surface area contributed by atoms with Gasteiger partial charge in [0.05, 0.1) is 33.1 Å². The molecule has 0 saturated carbocycles. The normalized spacial score (nSPS) is 16.2. The van der Waals surface area contributed by atoms with Crippen LogP contribution in [0.15, 0.2) is 23.0 Å². The zero-order valence-electron chi connectivity index (χ0n) is 16.3. The number of hydrogen-bond acceptors (Lipinski definition) is 6. The number of nitrogens with one attached hydrogen (secondary N) is 1. The lowest BCUT2D eigenvalue weighted by atomic mass is 9.97. The highest BCUT2D eigenvalue weighted by atomic mass is 16.5. The van der Waals surface area contributed by atoms with E-state index >= 15 is 0 Å². The molecule has 0 bridgehead atoms. The first-order chi connectivity index (χ1) is 13.7. The summed E-state index contributed by atoms with van der Waals surface area (Å²) in [7, 11) is 3.23. The lowest BCUT2D eigenvalue weighted by molar-refractivity contribution is -0.908.